The molecule has 1 aromatic carbocycles. The highest BCUT2D eigenvalue weighted by Gasteiger charge is 2.17. The van der Waals surface area contributed by atoms with Crippen molar-refractivity contribution < 1.29 is 14.4 Å². The Kier molecular flexibility index (Phi) is 5.23. The molecule has 100 valence electrons. The Hall–Kier alpha value is -0.605. The number of nitrogens with zero attached hydrogens (tertiary/aromatic N) is 2. The van der Waals surface area contributed by atoms with Crippen LogP contribution in [0.25, 0.3) is 0 Å². The molecule has 0 aliphatic rings. The standard InChI is InChI=1S/C10H10BFN2O2S3/c1-17-9-13-14-10(19-9)18-5-6-2-3-7(12)4-8(6)11(15)16/h2-4,15-16H,5H2,1H3. The number of hydrogen-bond donors (Lipinski definition) is 2. The summed E-state index contributed by atoms with van der Waals surface area (Å²) in [5.41, 5.74) is 0.851. The summed E-state index contributed by atoms with van der Waals surface area (Å²) in [6.07, 6.45) is 1.93. The van der Waals surface area contributed by atoms with Gasteiger partial charge in [-0.2, -0.15) is 0 Å². The maximum atomic E-state index is 13.1. The van der Waals surface area contributed by atoms with Crippen molar-refractivity contribution in [2.24, 2.45) is 0 Å². The van der Waals surface area contributed by atoms with Gasteiger partial charge in [0.25, 0.3) is 0 Å². The van der Waals surface area contributed by atoms with Gasteiger partial charge >= 0.3 is 7.12 Å². The van der Waals surface area contributed by atoms with Gasteiger partial charge in [0.15, 0.2) is 8.68 Å². The Bertz CT molecular complexity index is 567. The highest BCUT2D eigenvalue weighted by molar-refractivity contribution is 8.02. The summed E-state index contributed by atoms with van der Waals surface area (Å²) in [5, 5.41) is 26.4. The lowest BCUT2D eigenvalue weighted by molar-refractivity contribution is 0.425. The molecule has 0 fully saturated rings. The van der Waals surface area contributed by atoms with Crippen LogP contribution in [0.1, 0.15) is 5.56 Å². The first kappa shape index (κ1) is 14.8. The molecule has 0 saturated carbocycles. The predicted molar refractivity (Wildman–Crippen MR) is 77.5 cm³/mol. The second kappa shape index (κ2) is 6.71. The van der Waals surface area contributed by atoms with Crippen LogP contribution >= 0.6 is 34.9 Å². The van der Waals surface area contributed by atoms with Crippen molar-refractivity contribution in [1.29, 1.82) is 0 Å². The largest absolute Gasteiger partial charge is 0.488 e. The molecule has 0 bridgehead atoms. The van der Waals surface area contributed by atoms with Gasteiger partial charge in [0.05, 0.1) is 0 Å². The van der Waals surface area contributed by atoms with Crippen LogP contribution in [0, 0.1) is 5.82 Å². The summed E-state index contributed by atoms with van der Waals surface area (Å²) in [5.74, 6) is -0.00610. The highest BCUT2D eigenvalue weighted by Crippen LogP contribution is 2.29. The number of hydrogen-bond acceptors (Lipinski definition) is 7. The van der Waals surface area contributed by atoms with Gasteiger partial charge in [0.2, 0.25) is 0 Å². The Morgan fingerprint density at radius 2 is 2.05 bits per heavy atom. The SMILES string of the molecule is CSc1nnc(SCc2ccc(F)cc2B(O)O)s1. The molecule has 2 N–H and O–H groups in total. The third kappa shape index (κ3) is 3.93. The van der Waals surface area contributed by atoms with Crippen LogP contribution in [0.5, 0.6) is 0 Å². The smallest absolute Gasteiger partial charge is 0.423 e. The van der Waals surface area contributed by atoms with Crippen molar-refractivity contribution >= 4 is 47.4 Å². The van der Waals surface area contributed by atoms with E-state index in [0.29, 0.717) is 11.3 Å². The van der Waals surface area contributed by atoms with Gasteiger partial charge < -0.3 is 10.0 Å². The first-order chi connectivity index (χ1) is 9.10. The van der Waals surface area contributed by atoms with Gasteiger partial charge in [0, 0.05) is 5.75 Å². The molecule has 0 radical (unpaired) electrons. The van der Waals surface area contributed by atoms with Gasteiger partial charge in [-0.15, -0.1) is 10.2 Å². The fraction of sp³-hybridized carbons (Fsp3) is 0.200. The molecule has 2 rings (SSSR count). The molecule has 0 aliphatic carbocycles. The minimum atomic E-state index is -1.68. The zero-order valence-corrected chi connectivity index (χ0v) is 12.4. The Balaban J connectivity index is 2.10. The van der Waals surface area contributed by atoms with E-state index in [-0.39, 0.29) is 5.46 Å². The predicted octanol–water partition coefficient (Wildman–Crippen LogP) is 1.37. The van der Waals surface area contributed by atoms with Crippen LogP contribution in [0.15, 0.2) is 26.9 Å². The number of halogens is 1. The maximum Gasteiger partial charge on any atom is 0.488 e. The minimum absolute atomic E-state index is 0.183. The van der Waals surface area contributed by atoms with E-state index >= 15 is 0 Å². The molecule has 1 aromatic heterocycles. The monoisotopic (exact) mass is 316 g/mol. The zero-order valence-electron chi connectivity index (χ0n) is 9.91. The van der Waals surface area contributed by atoms with E-state index in [1.165, 1.54) is 40.9 Å². The maximum absolute atomic E-state index is 13.1. The van der Waals surface area contributed by atoms with Gasteiger partial charge in [-0.05, 0) is 29.4 Å². The molecule has 4 nitrogen and oxygen atoms in total. The van der Waals surface area contributed by atoms with E-state index < -0.39 is 12.9 Å². The fourth-order valence-electron chi connectivity index (χ4n) is 1.42. The van der Waals surface area contributed by atoms with Gasteiger partial charge in [-0.25, -0.2) is 4.39 Å². The number of benzene rings is 1. The summed E-state index contributed by atoms with van der Waals surface area (Å²) in [6.45, 7) is 0. The van der Waals surface area contributed by atoms with Crippen LogP contribution in [-0.4, -0.2) is 33.6 Å². The van der Waals surface area contributed by atoms with Crippen LogP contribution in [-0.2, 0) is 5.75 Å². The zero-order chi connectivity index (χ0) is 13.8. The van der Waals surface area contributed by atoms with Crippen LogP contribution in [0.3, 0.4) is 0 Å². The molecule has 0 saturated heterocycles. The van der Waals surface area contributed by atoms with E-state index in [9.17, 15) is 14.4 Å². The van der Waals surface area contributed by atoms with E-state index in [1.807, 2.05) is 6.26 Å². The normalized spacial score (nSPS) is 10.7. The lowest BCUT2D eigenvalue weighted by atomic mass is 9.77. The number of thioether (sulfide) groups is 2. The van der Waals surface area contributed by atoms with Crippen LogP contribution in [0.2, 0.25) is 0 Å². The Morgan fingerprint density at radius 1 is 1.32 bits per heavy atom. The molecule has 0 aliphatic heterocycles. The summed E-state index contributed by atoms with van der Waals surface area (Å²) in [7, 11) is -1.68. The fourth-order valence-corrected chi connectivity index (χ4v) is 3.87. The van der Waals surface area contributed by atoms with Crippen molar-refractivity contribution in [2.75, 3.05) is 6.26 Å². The molecule has 0 atom stereocenters. The third-order valence-corrected chi connectivity index (χ3v) is 5.38. The minimum Gasteiger partial charge on any atom is -0.423 e. The second-order valence-corrected chi connectivity index (χ2v) is 6.80. The molecule has 19 heavy (non-hydrogen) atoms. The highest BCUT2D eigenvalue weighted by atomic mass is 32.2. The van der Waals surface area contributed by atoms with Crippen LogP contribution in [0.4, 0.5) is 4.39 Å². The Morgan fingerprint density at radius 3 is 2.68 bits per heavy atom. The first-order valence-corrected chi connectivity index (χ1v) is 8.27. The third-order valence-electron chi connectivity index (χ3n) is 2.30. The summed E-state index contributed by atoms with van der Waals surface area (Å²) >= 11 is 4.43. The van der Waals surface area contributed by atoms with E-state index in [0.717, 1.165) is 14.7 Å². The Labute approximate surface area is 122 Å². The molecule has 0 amide bonds. The van der Waals surface area contributed by atoms with Crippen molar-refractivity contribution in [2.45, 2.75) is 14.4 Å². The first-order valence-electron chi connectivity index (χ1n) is 5.25. The topological polar surface area (TPSA) is 66.2 Å². The van der Waals surface area contributed by atoms with Crippen LogP contribution < -0.4 is 5.46 Å². The summed E-state index contributed by atoms with van der Waals surface area (Å²) in [4.78, 5) is 0. The van der Waals surface area contributed by atoms with Crippen molar-refractivity contribution in [3.8, 4) is 0 Å². The van der Waals surface area contributed by atoms with Crippen molar-refractivity contribution in [3.05, 3.63) is 29.6 Å². The van der Waals surface area contributed by atoms with Gasteiger partial charge in [-0.3, -0.25) is 0 Å². The summed E-state index contributed by atoms with van der Waals surface area (Å²) in [6, 6.07) is 3.98. The molecule has 1 heterocycles. The number of rotatable bonds is 5. The average Bonchev–Trinajstić information content (AvgIpc) is 2.85. The van der Waals surface area contributed by atoms with Gasteiger partial charge in [-0.1, -0.05) is 40.9 Å². The van der Waals surface area contributed by atoms with Crippen molar-refractivity contribution in [3.63, 3.8) is 0 Å². The molecule has 2 aromatic rings. The second-order valence-electron chi connectivity index (χ2n) is 3.54. The average molecular weight is 316 g/mol. The number of aromatic nitrogens is 2. The molecule has 9 heteroatoms. The lowest BCUT2D eigenvalue weighted by Gasteiger charge is -2.07. The molecule has 0 unspecified atom stereocenters. The van der Waals surface area contributed by atoms with E-state index in [1.54, 1.807) is 6.07 Å². The quantitative estimate of drug-likeness (QED) is 0.642. The molecular weight excluding hydrogens is 306 g/mol. The lowest BCUT2D eigenvalue weighted by Crippen LogP contribution is -2.33. The molecule has 0 spiro atoms. The summed E-state index contributed by atoms with van der Waals surface area (Å²) < 4.78 is 14.7. The van der Waals surface area contributed by atoms with E-state index in [2.05, 4.69) is 10.2 Å². The van der Waals surface area contributed by atoms with E-state index in [4.69, 9.17) is 0 Å². The van der Waals surface area contributed by atoms with Gasteiger partial charge in [0.1, 0.15) is 5.82 Å². The molecular formula is C10H10BFN2O2S3. The van der Waals surface area contributed by atoms with Crippen molar-refractivity contribution in [1.82, 2.24) is 10.2 Å².